The molecule has 206 valence electrons. The summed E-state index contributed by atoms with van der Waals surface area (Å²) in [5.74, 6) is 0. The third kappa shape index (κ3) is 5.11. The van der Waals surface area contributed by atoms with Gasteiger partial charge in [0.05, 0.1) is 46.3 Å². The SMILES string of the molecule is Cc1cccc(S(=O)(=O)N2C[C@@H]3CN(S(C)(=O)=O)CCN3c3ccc(C4=CC(C)(C)OC(C)(C)C4)cc32)c1. The van der Waals surface area contributed by atoms with Crippen LogP contribution in [0, 0.1) is 6.92 Å². The summed E-state index contributed by atoms with van der Waals surface area (Å²) in [7, 11) is -7.29. The van der Waals surface area contributed by atoms with Crippen LogP contribution in [0.15, 0.2) is 53.4 Å². The van der Waals surface area contributed by atoms with E-state index in [2.05, 4.69) is 24.8 Å². The Hall–Kier alpha value is -2.40. The maximum absolute atomic E-state index is 14.1. The Balaban J connectivity index is 1.64. The maximum Gasteiger partial charge on any atom is 0.264 e. The molecule has 0 aromatic heterocycles. The first-order valence-electron chi connectivity index (χ1n) is 12.9. The predicted octanol–water partition coefficient (Wildman–Crippen LogP) is 4.02. The van der Waals surface area contributed by atoms with Crippen molar-refractivity contribution in [1.82, 2.24) is 4.31 Å². The zero-order valence-corrected chi connectivity index (χ0v) is 24.6. The molecule has 0 amide bonds. The molecule has 1 atom stereocenters. The molecule has 3 aliphatic rings. The van der Waals surface area contributed by atoms with Gasteiger partial charge in [-0.25, -0.2) is 16.8 Å². The van der Waals surface area contributed by atoms with Gasteiger partial charge in [-0.2, -0.15) is 4.31 Å². The number of benzene rings is 2. The van der Waals surface area contributed by atoms with Gasteiger partial charge in [0, 0.05) is 26.1 Å². The molecule has 1 fully saturated rings. The van der Waals surface area contributed by atoms with E-state index in [-0.39, 0.29) is 29.6 Å². The van der Waals surface area contributed by atoms with E-state index >= 15 is 0 Å². The van der Waals surface area contributed by atoms with Gasteiger partial charge in [-0.3, -0.25) is 4.31 Å². The first kappa shape index (κ1) is 27.2. The van der Waals surface area contributed by atoms with Gasteiger partial charge in [0.1, 0.15) is 0 Å². The molecule has 3 heterocycles. The normalized spacial score (nSPS) is 23.4. The molecule has 0 spiro atoms. The van der Waals surface area contributed by atoms with Crippen LogP contribution in [-0.2, 0) is 24.8 Å². The molecule has 0 unspecified atom stereocenters. The van der Waals surface area contributed by atoms with Gasteiger partial charge in [0.2, 0.25) is 10.0 Å². The van der Waals surface area contributed by atoms with Crippen LogP contribution in [0.2, 0.25) is 0 Å². The lowest BCUT2D eigenvalue weighted by Crippen LogP contribution is -2.61. The molecule has 5 rings (SSSR count). The van der Waals surface area contributed by atoms with E-state index in [0.29, 0.717) is 25.2 Å². The minimum atomic E-state index is -3.90. The Morgan fingerprint density at radius 3 is 2.32 bits per heavy atom. The van der Waals surface area contributed by atoms with Crippen molar-refractivity contribution < 1.29 is 21.6 Å². The Morgan fingerprint density at radius 1 is 0.921 bits per heavy atom. The monoisotopic (exact) mass is 559 g/mol. The molecule has 10 heteroatoms. The van der Waals surface area contributed by atoms with Crippen LogP contribution < -0.4 is 9.21 Å². The fourth-order valence-electron chi connectivity index (χ4n) is 6.08. The van der Waals surface area contributed by atoms with Crippen LogP contribution in [0.25, 0.3) is 5.57 Å². The van der Waals surface area contributed by atoms with Crippen molar-refractivity contribution in [2.45, 2.75) is 63.2 Å². The minimum absolute atomic E-state index is 0.165. The number of anilines is 2. The standard InChI is InChI=1S/C28H37N3O5S2/c1-20-8-7-9-24(14-20)38(34,35)31-19-23-18-29(37(6,32)33)12-13-30(23)25-11-10-21(15-26(25)31)22-16-27(2,3)36-28(4,5)17-22/h7-11,14-16,23H,12-13,17-19H2,1-6H3/t23-/m0/s1. The van der Waals surface area contributed by atoms with Crippen LogP contribution in [0.5, 0.6) is 0 Å². The van der Waals surface area contributed by atoms with Gasteiger partial charge in [-0.05, 0) is 81.7 Å². The first-order chi connectivity index (χ1) is 17.6. The van der Waals surface area contributed by atoms with E-state index in [1.54, 1.807) is 18.2 Å². The number of fused-ring (bicyclic) bond motifs is 3. The number of hydrogen-bond acceptors (Lipinski definition) is 6. The highest BCUT2D eigenvalue weighted by Gasteiger charge is 2.42. The molecule has 8 nitrogen and oxygen atoms in total. The fourth-order valence-corrected chi connectivity index (χ4v) is 8.55. The Labute approximate surface area is 227 Å². The van der Waals surface area contributed by atoms with Gasteiger partial charge in [0.25, 0.3) is 10.0 Å². The third-order valence-corrected chi connectivity index (χ3v) is 10.5. The summed E-state index contributed by atoms with van der Waals surface area (Å²) in [4.78, 5) is 2.39. The molecule has 0 bridgehead atoms. The van der Waals surface area contributed by atoms with Crippen LogP contribution in [-0.4, -0.2) is 70.8 Å². The second kappa shape index (κ2) is 9.08. The average Bonchev–Trinajstić information content (AvgIpc) is 2.80. The zero-order valence-electron chi connectivity index (χ0n) is 22.9. The van der Waals surface area contributed by atoms with E-state index in [9.17, 15) is 16.8 Å². The van der Waals surface area contributed by atoms with Crippen molar-refractivity contribution in [3.05, 3.63) is 59.7 Å². The highest BCUT2D eigenvalue weighted by Crippen LogP contribution is 2.44. The molecule has 2 aromatic carbocycles. The molecule has 38 heavy (non-hydrogen) atoms. The number of nitrogens with zero attached hydrogens (tertiary/aromatic N) is 3. The Bertz CT molecular complexity index is 1510. The number of hydrogen-bond donors (Lipinski definition) is 0. The van der Waals surface area contributed by atoms with Gasteiger partial charge in [-0.1, -0.05) is 18.2 Å². The Kier molecular flexibility index (Phi) is 6.49. The number of sulfonamides is 2. The van der Waals surface area contributed by atoms with Crippen LogP contribution >= 0.6 is 0 Å². The lowest BCUT2D eigenvalue weighted by atomic mass is 9.85. The molecular weight excluding hydrogens is 522 g/mol. The maximum atomic E-state index is 14.1. The van der Waals surface area contributed by atoms with Crippen molar-refractivity contribution in [1.29, 1.82) is 0 Å². The van der Waals surface area contributed by atoms with E-state index in [1.165, 1.54) is 14.9 Å². The van der Waals surface area contributed by atoms with Crippen LogP contribution in [0.4, 0.5) is 11.4 Å². The second-order valence-corrected chi connectivity index (χ2v) is 15.7. The highest BCUT2D eigenvalue weighted by molar-refractivity contribution is 7.92. The van der Waals surface area contributed by atoms with Gasteiger partial charge in [-0.15, -0.1) is 0 Å². The van der Waals surface area contributed by atoms with Crippen molar-refractivity contribution in [2.24, 2.45) is 0 Å². The smallest absolute Gasteiger partial charge is 0.264 e. The average molecular weight is 560 g/mol. The summed E-state index contributed by atoms with van der Waals surface area (Å²) in [6, 6.07) is 12.6. The summed E-state index contributed by atoms with van der Waals surface area (Å²) in [6.07, 6.45) is 4.03. The highest BCUT2D eigenvalue weighted by atomic mass is 32.2. The number of rotatable bonds is 4. The summed E-state index contributed by atoms with van der Waals surface area (Å²) in [5.41, 5.74) is 3.56. The zero-order chi connectivity index (χ0) is 27.7. The summed E-state index contributed by atoms with van der Waals surface area (Å²) in [5, 5.41) is 0. The molecular formula is C28H37N3O5S2. The summed E-state index contributed by atoms with van der Waals surface area (Å²) < 4.78 is 62.0. The number of piperazine rings is 1. The fraction of sp³-hybridized carbons (Fsp3) is 0.500. The van der Waals surface area contributed by atoms with Crippen molar-refractivity contribution >= 4 is 37.0 Å². The third-order valence-electron chi connectivity index (χ3n) is 7.47. The first-order valence-corrected chi connectivity index (χ1v) is 16.2. The number of ether oxygens (including phenoxy) is 1. The lowest BCUT2D eigenvalue weighted by molar-refractivity contribution is -0.100. The molecule has 0 aliphatic carbocycles. The van der Waals surface area contributed by atoms with Crippen LogP contribution in [0.1, 0.15) is 45.2 Å². The van der Waals surface area contributed by atoms with Gasteiger partial charge >= 0.3 is 0 Å². The summed E-state index contributed by atoms with van der Waals surface area (Å²) >= 11 is 0. The topological polar surface area (TPSA) is 87.2 Å². The molecule has 0 saturated carbocycles. The largest absolute Gasteiger partial charge is 0.365 e. The second-order valence-electron chi connectivity index (χ2n) is 11.8. The molecule has 0 radical (unpaired) electrons. The quantitative estimate of drug-likeness (QED) is 0.563. The number of aryl methyl sites for hydroxylation is 1. The van der Waals surface area contributed by atoms with Crippen LogP contribution in [0.3, 0.4) is 0 Å². The molecule has 1 saturated heterocycles. The van der Waals surface area contributed by atoms with Gasteiger partial charge < -0.3 is 9.64 Å². The molecule has 0 N–H and O–H groups in total. The Morgan fingerprint density at radius 2 is 1.66 bits per heavy atom. The summed E-state index contributed by atoms with van der Waals surface area (Å²) in [6.45, 7) is 11.4. The minimum Gasteiger partial charge on any atom is -0.365 e. The predicted molar refractivity (Wildman–Crippen MR) is 152 cm³/mol. The molecule has 3 aliphatic heterocycles. The lowest BCUT2D eigenvalue weighted by Gasteiger charge is -2.48. The van der Waals surface area contributed by atoms with Gasteiger partial charge in [0.15, 0.2) is 0 Å². The van der Waals surface area contributed by atoms with Crippen molar-refractivity contribution in [3.8, 4) is 0 Å². The van der Waals surface area contributed by atoms with E-state index < -0.39 is 25.6 Å². The van der Waals surface area contributed by atoms with E-state index in [0.717, 1.165) is 22.4 Å². The van der Waals surface area contributed by atoms with Crippen molar-refractivity contribution in [3.63, 3.8) is 0 Å². The van der Waals surface area contributed by atoms with E-state index in [1.807, 2.05) is 45.0 Å². The van der Waals surface area contributed by atoms with Crippen molar-refractivity contribution in [2.75, 3.05) is 41.6 Å². The molecule has 2 aromatic rings. The van der Waals surface area contributed by atoms with E-state index in [4.69, 9.17) is 4.74 Å².